The van der Waals surface area contributed by atoms with Crippen molar-refractivity contribution in [3.63, 3.8) is 0 Å². The number of rotatable bonds is 1. The summed E-state index contributed by atoms with van der Waals surface area (Å²) in [7, 11) is 0. The number of hydrogen-bond donors (Lipinski definition) is 1. The molecule has 0 saturated carbocycles. The Morgan fingerprint density at radius 3 is 2.48 bits per heavy atom. The molecule has 0 aromatic heterocycles. The Labute approximate surface area is 125 Å². The number of urea groups is 1. The van der Waals surface area contributed by atoms with Gasteiger partial charge in [-0.1, -0.05) is 6.92 Å². The monoisotopic (exact) mass is 295 g/mol. The first-order chi connectivity index (χ1) is 10.1. The predicted octanol–water partition coefficient (Wildman–Crippen LogP) is 0.929. The van der Waals surface area contributed by atoms with E-state index in [2.05, 4.69) is 4.90 Å². The number of carboxylic acids is 1. The number of carboxylic acid groups (broad SMARTS) is 1. The Morgan fingerprint density at radius 2 is 1.76 bits per heavy atom. The third-order valence-corrected chi connectivity index (χ3v) is 5.27. The Balaban J connectivity index is 1.63. The molecule has 3 atom stereocenters. The molecule has 3 fully saturated rings. The van der Waals surface area contributed by atoms with Gasteiger partial charge in [-0.15, -0.1) is 0 Å². The lowest BCUT2D eigenvalue weighted by atomic mass is 9.99. The summed E-state index contributed by atoms with van der Waals surface area (Å²) in [6.45, 7) is 6.71. The van der Waals surface area contributed by atoms with Crippen molar-refractivity contribution >= 4 is 12.0 Å². The fraction of sp³-hybridized carbons (Fsp3) is 0.867. The summed E-state index contributed by atoms with van der Waals surface area (Å²) in [5, 5.41) is 9.20. The predicted molar refractivity (Wildman–Crippen MR) is 78.0 cm³/mol. The number of hydrogen-bond acceptors (Lipinski definition) is 3. The summed E-state index contributed by atoms with van der Waals surface area (Å²) in [5.74, 6) is -1.15. The number of fused-ring (bicyclic) bond motifs is 1. The van der Waals surface area contributed by atoms with Crippen LogP contribution in [0.3, 0.4) is 0 Å². The van der Waals surface area contributed by atoms with Crippen LogP contribution >= 0.6 is 0 Å². The van der Waals surface area contributed by atoms with Crippen LogP contribution in [0, 0.1) is 11.8 Å². The molecular formula is C15H25N3O3. The third kappa shape index (κ3) is 2.86. The van der Waals surface area contributed by atoms with Crippen molar-refractivity contribution in [2.24, 2.45) is 11.8 Å². The maximum atomic E-state index is 12.7. The second-order valence-electron chi connectivity index (χ2n) is 6.74. The fourth-order valence-corrected chi connectivity index (χ4v) is 4.02. The standard InChI is InChI=1S/C15H25N3O3/c1-11-8-18(10-13(11)14(19)20)15(21)17-7-3-6-16-5-2-4-12(16)9-17/h11-13H,2-10H2,1H3,(H,19,20). The molecule has 0 radical (unpaired) electrons. The summed E-state index contributed by atoms with van der Waals surface area (Å²) in [5.41, 5.74) is 0. The van der Waals surface area contributed by atoms with Crippen LogP contribution in [0.4, 0.5) is 4.79 Å². The molecule has 3 saturated heterocycles. The first-order valence-electron chi connectivity index (χ1n) is 8.07. The van der Waals surface area contributed by atoms with Crippen molar-refractivity contribution in [2.75, 3.05) is 39.3 Å². The second kappa shape index (κ2) is 5.83. The molecule has 6 heteroatoms. The first kappa shape index (κ1) is 14.6. The Bertz CT molecular complexity index is 428. The third-order valence-electron chi connectivity index (χ3n) is 5.27. The van der Waals surface area contributed by atoms with Crippen molar-refractivity contribution < 1.29 is 14.7 Å². The minimum Gasteiger partial charge on any atom is -0.481 e. The molecule has 0 spiro atoms. The van der Waals surface area contributed by atoms with Crippen molar-refractivity contribution in [3.05, 3.63) is 0 Å². The molecule has 21 heavy (non-hydrogen) atoms. The SMILES string of the molecule is CC1CN(C(=O)N2CCCN3CCCC3C2)CC1C(=O)O. The molecule has 0 bridgehead atoms. The molecule has 3 aliphatic heterocycles. The van der Waals surface area contributed by atoms with Gasteiger partial charge < -0.3 is 14.9 Å². The summed E-state index contributed by atoms with van der Waals surface area (Å²) >= 11 is 0. The Hall–Kier alpha value is -1.30. The number of aliphatic carboxylic acids is 1. The number of likely N-dealkylation sites (tertiary alicyclic amines) is 1. The van der Waals surface area contributed by atoms with E-state index in [0.29, 0.717) is 19.1 Å². The molecule has 1 N–H and O–H groups in total. The molecule has 2 amide bonds. The summed E-state index contributed by atoms with van der Waals surface area (Å²) in [6, 6.07) is 0.547. The lowest BCUT2D eigenvalue weighted by Crippen LogP contribution is -2.46. The van der Waals surface area contributed by atoms with Gasteiger partial charge in [0.05, 0.1) is 5.92 Å². The number of carbonyl (C=O) groups excluding carboxylic acids is 1. The normalized spacial score (nSPS) is 33.9. The summed E-state index contributed by atoms with van der Waals surface area (Å²) in [4.78, 5) is 30.1. The van der Waals surface area contributed by atoms with Gasteiger partial charge in [-0.25, -0.2) is 4.79 Å². The number of nitrogens with zero attached hydrogens (tertiary/aromatic N) is 3. The highest BCUT2D eigenvalue weighted by Gasteiger charge is 2.39. The van der Waals surface area contributed by atoms with E-state index in [4.69, 9.17) is 0 Å². The molecule has 3 rings (SSSR count). The highest BCUT2D eigenvalue weighted by molar-refractivity contribution is 5.77. The van der Waals surface area contributed by atoms with Gasteiger partial charge >= 0.3 is 12.0 Å². The highest BCUT2D eigenvalue weighted by Crippen LogP contribution is 2.26. The first-order valence-corrected chi connectivity index (χ1v) is 8.07. The van der Waals surface area contributed by atoms with E-state index in [1.807, 2.05) is 11.8 Å². The van der Waals surface area contributed by atoms with Gasteiger partial charge in [-0.2, -0.15) is 0 Å². The van der Waals surface area contributed by atoms with Crippen LogP contribution < -0.4 is 0 Å². The highest BCUT2D eigenvalue weighted by atomic mass is 16.4. The van der Waals surface area contributed by atoms with Crippen LogP contribution in [-0.2, 0) is 4.79 Å². The van der Waals surface area contributed by atoms with Crippen molar-refractivity contribution in [1.82, 2.24) is 14.7 Å². The van der Waals surface area contributed by atoms with Crippen LogP contribution in [0.2, 0.25) is 0 Å². The van der Waals surface area contributed by atoms with Crippen LogP contribution in [0.25, 0.3) is 0 Å². The molecule has 0 aromatic rings. The van der Waals surface area contributed by atoms with Gasteiger partial charge in [-0.05, 0) is 31.7 Å². The smallest absolute Gasteiger partial charge is 0.320 e. The average molecular weight is 295 g/mol. The van der Waals surface area contributed by atoms with E-state index in [1.165, 1.54) is 12.8 Å². The molecule has 3 unspecified atom stereocenters. The van der Waals surface area contributed by atoms with Crippen LogP contribution in [0.15, 0.2) is 0 Å². The summed E-state index contributed by atoms with van der Waals surface area (Å²) in [6.07, 6.45) is 3.43. The zero-order valence-electron chi connectivity index (χ0n) is 12.7. The van der Waals surface area contributed by atoms with Crippen molar-refractivity contribution in [1.29, 1.82) is 0 Å². The van der Waals surface area contributed by atoms with E-state index in [-0.39, 0.29) is 11.9 Å². The fourth-order valence-electron chi connectivity index (χ4n) is 4.02. The lowest BCUT2D eigenvalue weighted by Gasteiger charge is -2.29. The molecule has 118 valence electrons. The van der Waals surface area contributed by atoms with E-state index < -0.39 is 11.9 Å². The largest absolute Gasteiger partial charge is 0.481 e. The quantitative estimate of drug-likeness (QED) is 0.781. The van der Waals surface area contributed by atoms with Gasteiger partial charge in [0.25, 0.3) is 0 Å². The second-order valence-corrected chi connectivity index (χ2v) is 6.74. The van der Waals surface area contributed by atoms with E-state index in [1.54, 1.807) is 4.90 Å². The van der Waals surface area contributed by atoms with Gasteiger partial charge in [0, 0.05) is 38.8 Å². The van der Waals surface area contributed by atoms with Crippen molar-refractivity contribution in [3.8, 4) is 0 Å². The summed E-state index contributed by atoms with van der Waals surface area (Å²) < 4.78 is 0. The van der Waals surface area contributed by atoms with Gasteiger partial charge in [-0.3, -0.25) is 9.69 Å². The molecule has 0 aromatic carbocycles. The number of amides is 2. The molecular weight excluding hydrogens is 270 g/mol. The van der Waals surface area contributed by atoms with Crippen LogP contribution in [0.1, 0.15) is 26.2 Å². The molecule has 0 aliphatic carbocycles. The minimum atomic E-state index is -0.782. The molecule has 3 heterocycles. The Kier molecular flexibility index (Phi) is 4.06. The van der Waals surface area contributed by atoms with E-state index in [9.17, 15) is 14.7 Å². The lowest BCUT2D eigenvalue weighted by molar-refractivity contribution is -0.142. The average Bonchev–Trinajstić information content (AvgIpc) is 2.99. The maximum Gasteiger partial charge on any atom is 0.320 e. The minimum absolute atomic E-state index is 0.0411. The topological polar surface area (TPSA) is 64.1 Å². The zero-order valence-corrected chi connectivity index (χ0v) is 12.7. The van der Waals surface area contributed by atoms with Crippen LogP contribution in [0.5, 0.6) is 0 Å². The number of carbonyl (C=O) groups is 2. The van der Waals surface area contributed by atoms with E-state index >= 15 is 0 Å². The van der Waals surface area contributed by atoms with Crippen LogP contribution in [-0.4, -0.2) is 77.1 Å². The van der Waals surface area contributed by atoms with Gasteiger partial charge in [0.15, 0.2) is 0 Å². The molecule has 6 nitrogen and oxygen atoms in total. The van der Waals surface area contributed by atoms with Gasteiger partial charge in [0.1, 0.15) is 0 Å². The van der Waals surface area contributed by atoms with Gasteiger partial charge in [0.2, 0.25) is 0 Å². The van der Waals surface area contributed by atoms with Crippen molar-refractivity contribution in [2.45, 2.75) is 32.2 Å². The maximum absolute atomic E-state index is 12.7. The van der Waals surface area contributed by atoms with E-state index in [0.717, 1.165) is 32.6 Å². The zero-order chi connectivity index (χ0) is 15.0. The Morgan fingerprint density at radius 1 is 1.00 bits per heavy atom. The molecule has 3 aliphatic rings.